The Balaban J connectivity index is 1.78. The van der Waals surface area contributed by atoms with E-state index < -0.39 is 11.8 Å². The molecule has 0 spiro atoms. The van der Waals surface area contributed by atoms with Crippen molar-refractivity contribution in [1.82, 2.24) is 10.6 Å². The van der Waals surface area contributed by atoms with Gasteiger partial charge in [-0.25, -0.2) is 0 Å². The molecular formula is C20H24N2O4. The lowest BCUT2D eigenvalue weighted by atomic mass is 10.1. The molecule has 0 unspecified atom stereocenters. The lowest BCUT2D eigenvalue weighted by Crippen LogP contribution is -2.40. The average molecular weight is 356 g/mol. The maximum atomic E-state index is 11.9. The molecule has 138 valence electrons. The van der Waals surface area contributed by atoms with E-state index in [0.29, 0.717) is 31.0 Å². The van der Waals surface area contributed by atoms with Crippen LogP contribution in [0.3, 0.4) is 0 Å². The molecular weight excluding hydrogens is 332 g/mol. The number of hydrogen-bond donors (Lipinski definition) is 2. The van der Waals surface area contributed by atoms with Crippen molar-refractivity contribution in [3.63, 3.8) is 0 Å². The Bertz CT molecular complexity index is 774. The molecule has 2 rings (SSSR count). The average Bonchev–Trinajstić information content (AvgIpc) is 2.65. The number of nitrogens with one attached hydrogen (secondary N) is 2. The summed E-state index contributed by atoms with van der Waals surface area (Å²) in [5.74, 6) is -0.0000153. The summed E-state index contributed by atoms with van der Waals surface area (Å²) < 4.78 is 10.4. The molecule has 2 amide bonds. The molecule has 0 saturated heterocycles. The molecule has 0 heterocycles. The number of amides is 2. The third kappa shape index (κ3) is 5.51. The summed E-state index contributed by atoms with van der Waals surface area (Å²) in [6, 6.07) is 13.3. The van der Waals surface area contributed by atoms with Gasteiger partial charge in [0.1, 0.15) is 0 Å². The van der Waals surface area contributed by atoms with Crippen LogP contribution in [0.2, 0.25) is 0 Å². The van der Waals surface area contributed by atoms with Gasteiger partial charge in [-0.05, 0) is 36.6 Å². The number of carbonyl (C=O) groups excluding carboxylic acids is 2. The molecule has 6 heteroatoms. The zero-order valence-electron chi connectivity index (χ0n) is 15.3. The molecule has 0 radical (unpaired) electrons. The van der Waals surface area contributed by atoms with Crippen LogP contribution in [0.5, 0.6) is 11.5 Å². The second-order valence-electron chi connectivity index (χ2n) is 5.87. The van der Waals surface area contributed by atoms with E-state index in [-0.39, 0.29) is 0 Å². The first-order chi connectivity index (χ1) is 12.5. The van der Waals surface area contributed by atoms with Crippen molar-refractivity contribution < 1.29 is 19.1 Å². The Morgan fingerprint density at radius 2 is 1.62 bits per heavy atom. The van der Waals surface area contributed by atoms with Gasteiger partial charge in [0.25, 0.3) is 0 Å². The van der Waals surface area contributed by atoms with Gasteiger partial charge in [0, 0.05) is 13.1 Å². The van der Waals surface area contributed by atoms with E-state index in [1.165, 1.54) is 0 Å². The van der Waals surface area contributed by atoms with Crippen LogP contribution >= 0.6 is 0 Å². The van der Waals surface area contributed by atoms with E-state index in [9.17, 15) is 9.59 Å². The molecule has 6 nitrogen and oxygen atoms in total. The molecule has 0 aliphatic rings. The van der Waals surface area contributed by atoms with Crippen molar-refractivity contribution in [3.8, 4) is 11.5 Å². The highest BCUT2D eigenvalue weighted by Crippen LogP contribution is 2.27. The van der Waals surface area contributed by atoms with E-state index in [4.69, 9.17) is 9.47 Å². The zero-order chi connectivity index (χ0) is 18.9. The van der Waals surface area contributed by atoms with Gasteiger partial charge in [-0.15, -0.1) is 0 Å². The zero-order valence-corrected chi connectivity index (χ0v) is 15.3. The Kier molecular flexibility index (Phi) is 7.02. The maximum Gasteiger partial charge on any atom is 0.309 e. The van der Waals surface area contributed by atoms with Gasteiger partial charge in [-0.1, -0.05) is 35.9 Å². The molecule has 0 aromatic heterocycles. The highest BCUT2D eigenvalue weighted by Gasteiger charge is 2.12. The summed E-state index contributed by atoms with van der Waals surface area (Å²) >= 11 is 0. The van der Waals surface area contributed by atoms with Gasteiger partial charge in [0.05, 0.1) is 14.2 Å². The van der Waals surface area contributed by atoms with Crippen molar-refractivity contribution in [2.24, 2.45) is 0 Å². The van der Waals surface area contributed by atoms with Crippen molar-refractivity contribution in [3.05, 3.63) is 59.2 Å². The van der Waals surface area contributed by atoms with Crippen LogP contribution in [0.1, 0.15) is 16.7 Å². The van der Waals surface area contributed by atoms with E-state index in [1.807, 2.05) is 49.4 Å². The molecule has 26 heavy (non-hydrogen) atoms. The topological polar surface area (TPSA) is 76.7 Å². The van der Waals surface area contributed by atoms with Crippen LogP contribution in [0.25, 0.3) is 0 Å². The van der Waals surface area contributed by atoms with Crippen molar-refractivity contribution in [1.29, 1.82) is 0 Å². The Hall–Kier alpha value is -3.02. The monoisotopic (exact) mass is 356 g/mol. The van der Waals surface area contributed by atoms with E-state index in [2.05, 4.69) is 10.6 Å². The smallest absolute Gasteiger partial charge is 0.309 e. The van der Waals surface area contributed by atoms with Crippen molar-refractivity contribution in [2.45, 2.75) is 19.9 Å². The summed E-state index contributed by atoms with van der Waals surface area (Å²) in [5, 5.41) is 5.24. The summed E-state index contributed by atoms with van der Waals surface area (Å²) in [7, 11) is 3.15. The number of aryl methyl sites for hydroxylation is 1. The Morgan fingerprint density at radius 3 is 2.31 bits per heavy atom. The van der Waals surface area contributed by atoms with Gasteiger partial charge in [0.15, 0.2) is 11.5 Å². The normalized spacial score (nSPS) is 10.1. The molecule has 2 aromatic carbocycles. The fraction of sp³-hybridized carbons (Fsp3) is 0.300. The number of rotatable bonds is 7. The Labute approximate surface area is 153 Å². The molecule has 2 aromatic rings. The number of ether oxygens (including phenoxy) is 2. The minimum atomic E-state index is -0.641. The van der Waals surface area contributed by atoms with Gasteiger partial charge >= 0.3 is 11.8 Å². The maximum absolute atomic E-state index is 11.9. The lowest BCUT2D eigenvalue weighted by molar-refractivity contribution is -0.139. The molecule has 0 aliphatic heterocycles. The second-order valence-corrected chi connectivity index (χ2v) is 5.87. The highest BCUT2D eigenvalue weighted by molar-refractivity contribution is 6.35. The fourth-order valence-electron chi connectivity index (χ4n) is 2.52. The predicted molar refractivity (Wildman–Crippen MR) is 99.3 cm³/mol. The minimum Gasteiger partial charge on any atom is -0.493 e. The first-order valence-corrected chi connectivity index (χ1v) is 8.36. The summed E-state index contributed by atoms with van der Waals surface area (Å²) in [4.78, 5) is 23.7. The van der Waals surface area contributed by atoms with Gasteiger partial charge < -0.3 is 20.1 Å². The van der Waals surface area contributed by atoms with Crippen LogP contribution in [0.15, 0.2) is 42.5 Å². The molecule has 0 bridgehead atoms. The van der Waals surface area contributed by atoms with Crippen molar-refractivity contribution >= 4 is 11.8 Å². The van der Waals surface area contributed by atoms with Gasteiger partial charge in [-0.3, -0.25) is 9.59 Å². The van der Waals surface area contributed by atoms with Crippen molar-refractivity contribution in [2.75, 3.05) is 20.8 Å². The third-order valence-corrected chi connectivity index (χ3v) is 3.89. The number of methoxy groups -OCH3 is 2. The summed E-state index contributed by atoms with van der Waals surface area (Å²) in [5.41, 5.74) is 3.04. The lowest BCUT2D eigenvalue weighted by Gasteiger charge is -2.10. The standard InChI is InChI=1S/C20H24N2O4/c1-14-5-4-6-16(11-14)13-22-20(24)19(23)21-10-9-15-7-8-17(25-2)18(12-15)26-3/h4-8,11-12H,9-10,13H2,1-3H3,(H,21,23)(H,22,24). The fourth-order valence-corrected chi connectivity index (χ4v) is 2.52. The first kappa shape index (κ1) is 19.3. The van der Waals surface area contributed by atoms with Crippen LogP contribution in [-0.4, -0.2) is 32.6 Å². The minimum absolute atomic E-state index is 0.323. The Morgan fingerprint density at radius 1 is 0.885 bits per heavy atom. The molecule has 0 atom stereocenters. The number of hydrogen-bond acceptors (Lipinski definition) is 4. The highest BCUT2D eigenvalue weighted by atomic mass is 16.5. The van der Waals surface area contributed by atoms with E-state index in [0.717, 1.165) is 16.7 Å². The molecule has 0 aliphatic carbocycles. The van der Waals surface area contributed by atoms with Gasteiger partial charge in [-0.2, -0.15) is 0 Å². The number of carbonyl (C=O) groups is 2. The predicted octanol–water partition coefficient (Wildman–Crippen LogP) is 1.99. The first-order valence-electron chi connectivity index (χ1n) is 8.36. The van der Waals surface area contributed by atoms with Crippen LogP contribution < -0.4 is 20.1 Å². The number of benzene rings is 2. The third-order valence-electron chi connectivity index (χ3n) is 3.89. The van der Waals surface area contributed by atoms with Crippen LogP contribution in [0, 0.1) is 6.92 Å². The molecule has 0 fully saturated rings. The summed E-state index contributed by atoms with van der Waals surface area (Å²) in [6.45, 7) is 2.65. The van der Waals surface area contributed by atoms with Crippen LogP contribution in [-0.2, 0) is 22.6 Å². The second kappa shape index (κ2) is 9.46. The van der Waals surface area contributed by atoms with Crippen LogP contribution in [0.4, 0.5) is 0 Å². The van der Waals surface area contributed by atoms with E-state index in [1.54, 1.807) is 14.2 Å². The molecule has 0 saturated carbocycles. The SMILES string of the molecule is COc1ccc(CCNC(=O)C(=O)NCc2cccc(C)c2)cc1OC. The summed E-state index contributed by atoms with van der Waals surface area (Å²) in [6.07, 6.45) is 0.581. The molecule has 2 N–H and O–H groups in total. The largest absolute Gasteiger partial charge is 0.493 e. The quantitative estimate of drug-likeness (QED) is 0.744. The van der Waals surface area contributed by atoms with E-state index >= 15 is 0 Å². The van der Waals surface area contributed by atoms with Gasteiger partial charge in [0.2, 0.25) is 0 Å².